The highest BCUT2D eigenvalue weighted by atomic mass is 19.4. The van der Waals surface area contributed by atoms with Gasteiger partial charge < -0.3 is 25.0 Å². The van der Waals surface area contributed by atoms with Crippen molar-refractivity contribution in [2.45, 2.75) is 44.0 Å². The van der Waals surface area contributed by atoms with E-state index in [0.717, 1.165) is 66.6 Å². The van der Waals surface area contributed by atoms with E-state index in [4.69, 9.17) is 14.5 Å². The Bertz CT molecular complexity index is 1420. The van der Waals surface area contributed by atoms with Crippen LogP contribution in [-0.4, -0.2) is 60.4 Å². The molecule has 0 radical (unpaired) electrons. The number of amides is 1. The van der Waals surface area contributed by atoms with Gasteiger partial charge in [0.2, 0.25) is 5.88 Å². The number of carbonyl (C=O) groups excluding carboxylic acids is 1. The highest BCUT2D eigenvalue weighted by molar-refractivity contribution is 6.03. The van der Waals surface area contributed by atoms with E-state index in [-0.39, 0.29) is 17.3 Å². The second-order valence-electron chi connectivity index (χ2n) is 10.6. The average molecular weight is 554 g/mol. The van der Waals surface area contributed by atoms with Gasteiger partial charge in [0, 0.05) is 37.5 Å². The van der Waals surface area contributed by atoms with E-state index < -0.39 is 17.6 Å². The van der Waals surface area contributed by atoms with Gasteiger partial charge in [-0.1, -0.05) is 6.07 Å². The topological polar surface area (TPSA) is 88.6 Å². The van der Waals surface area contributed by atoms with Crippen LogP contribution in [0.15, 0.2) is 48.7 Å². The van der Waals surface area contributed by atoms with E-state index >= 15 is 0 Å². The smallest absolute Gasteiger partial charge is 0.416 e. The summed E-state index contributed by atoms with van der Waals surface area (Å²) in [7, 11) is 0. The van der Waals surface area contributed by atoms with E-state index in [0.29, 0.717) is 37.9 Å². The van der Waals surface area contributed by atoms with E-state index in [1.165, 1.54) is 0 Å². The van der Waals surface area contributed by atoms with Gasteiger partial charge in [-0.2, -0.15) is 18.2 Å². The van der Waals surface area contributed by atoms with Gasteiger partial charge in [-0.05, 0) is 73.3 Å². The molecule has 2 aromatic heterocycles. The fraction of sp³-hybridized carbons (Fsp3) is 0.414. The highest BCUT2D eigenvalue weighted by Crippen LogP contribution is 2.46. The largest absolute Gasteiger partial charge is 0.472 e. The van der Waals surface area contributed by atoms with Crippen LogP contribution in [0, 0.1) is 6.92 Å². The summed E-state index contributed by atoms with van der Waals surface area (Å²) in [6.07, 6.45) is -0.329. The molecule has 210 valence electrons. The summed E-state index contributed by atoms with van der Waals surface area (Å²) in [6.45, 7) is 5.61. The SMILES string of the molecule is Cc1ccc(NC(=O)c2cc(C(F)(F)F)ccn2)cc1-c1cc(O[C@@H]2CC23CCCN3)nc(N2CCOCC2)c1. The maximum absolute atomic E-state index is 13.1. The van der Waals surface area contributed by atoms with Crippen LogP contribution in [0.5, 0.6) is 5.88 Å². The number of aromatic nitrogens is 2. The third-order valence-electron chi connectivity index (χ3n) is 7.80. The predicted octanol–water partition coefficient (Wildman–Crippen LogP) is 4.83. The molecular formula is C29H30F3N5O3. The van der Waals surface area contributed by atoms with Crippen LogP contribution in [0.25, 0.3) is 11.1 Å². The second-order valence-corrected chi connectivity index (χ2v) is 10.6. The van der Waals surface area contributed by atoms with E-state index in [1.807, 2.05) is 25.1 Å². The van der Waals surface area contributed by atoms with Gasteiger partial charge >= 0.3 is 6.18 Å². The number of rotatable bonds is 6. The van der Waals surface area contributed by atoms with Crippen LogP contribution in [-0.2, 0) is 10.9 Å². The Labute approximate surface area is 229 Å². The third-order valence-corrected chi connectivity index (χ3v) is 7.80. The molecule has 3 aliphatic rings. The molecule has 1 saturated carbocycles. The molecule has 2 saturated heterocycles. The fourth-order valence-electron chi connectivity index (χ4n) is 5.45. The maximum Gasteiger partial charge on any atom is 0.416 e. The molecule has 6 rings (SSSR count). The molecule has 4 heterocycles. The molecule has 1 aromatic carbocycles. The second kappa shape index (κ2) is 10.4. The van der Waals surface area contributed by atoms with Crippen LogP contribution >= 0.6 is 0 Å². The molecule has 8 nitrogen and oxygen atoms in total. The Hall–Kier alpha value is -3.70. The predicted molar refractivity (Wildman–Crippen MR) is 144 cm³/mol. The van der Waals surface area contributed by atoms with Crippen LogP contribution < -0.4 is 20.3 Å². The van der Waals surface area contributed by atoms with Gasteiger partial charge in [-0.3, -0.25) is 9.78 Å². The third kappa shape index (κ3) is 5.48. The summed E-state index contributed by atoms with van der Waals surface area (Å²) >= 11 is 0. The number of pyridine rings is 2. The molecule has 2 N–H and O–H groups in total. The van der Waals surface area contributed by atoms with Crippen molar-refractivity contribution in [1.29, 1.82) is 0 Å². The van der Waals surface area contributed by atoms with Gasteiger partial charge in [0.15, 0.2) is 0 Å². The van der Waals surface area contributed by atoms with Gasteiger partial charge in [-0.15, -0.1) is 0 Å². The lowest BCUT2D eigenvalue weighted by Crippen LogP contribution is -2.36. The molecule has 1 aliphatic carbocycles. The van der Waals surface area contributed by atoms with E-state index in [9.17, 15) is 18.0 Å². The molecular weight excluding hydrogens is 523 g/mol. The van der Waals surface area contributed by atoms with Crippen LogP contribution in [0.1, 0.15) is 40.9 Å². The van der Waals surface area contributed by atoms with Crippen molar-refractivity contribution in [3.05, 3.63) is 65.5 Å². The first-order valence-corrected chi connectivity index (χ1v) is 13.4. The number of benzene rings is 1. The lowest BCUT2D eigenvalue weighted by atomic mass is 10.00. The molecule has 3 aromatic rings. The Kier molecular flexibility index (Phi) is 6.87. The number of hydrogen-bond donors (Lipinski definition) is 2. The Morgan fingerprint density at radius 3 is 2.75 bits per heavy atom. The van der Waals surface area contributed by atoms with Gasteiger partial charge in [0.1, 0.15) is 17.6 Å². The Morgan fingerprint density at radius 1 is 1.18 bits per heavy atom. The molecule has 40 heavy (non-hydrogen) atoms. The number of nitrogens with zero attached hydrogens (tertiary/aromatic N) is 3. The van der Waals surface area contributed by atoms with Gasteiger partial charge in [-0.25, -0.2) is 0 Å². The normalized spacial score (nSPS) is 22.4. The first kappa shape index (κ1) is 26.5. The Balaban J connectivity index is 1.29. The maximum atomic E-state index is 13.1. The molecule has 2 atom stereocenters. The number of ether oxygens (including phenoxy) is 2. The average Bonchev–Trinajstić information content (AvgIpc) is 3.38. The number of nitrogens with one attached hydrogen (secondary N) is 2. The lowest BCUT2D eigenvalue weighted by Gasteiger charge is -2.28. The van der Waals surface area contributed by atoms with Crippen molar-refractivity contribution >= 4 is 17.4 Å². The summed E-state index contributed by atoms with van der Waals surface area (Å²) in [5.74, 6) is 0.597. The summed E-state index contributed by atoms with van der Waals surface area (Å²) in [6, 6.07) is 10.9. The number of hydrogen-bond acceptors (Lipinski definition) is 7. The number of aryl methyl sites for hydroxylation is 1. The summed E-state index contributed by atoms with van der Waals surface area (Å²) < 4.78 is 51.3. The quantitative estimate of drug-likeness (QED) is 0.452. The molecule has 11 heteroatoms. The zero-order valence-electron chi connectivity index (χ0n) is 22.1. The molecule has 1 unspecified atom stereocenters. The van der Waals surface area contributed by atoms with Crippen LogP contribution in [0.4, 0.5) is 24.7 Å². The first-order chi connectivity index (χ1) is 19.2. The lowest BCUT2D eigenvalue weighted by molar-refractivity contribution is -0.137. The van der Waals surface area contributed by atoms with Crippen molar-refractivity contribution in [3.63, 3.8) is 0 Å². The zero-order chi connectivity index (χ0) is 27.9. The monoisotopic (exact) mass is 553 g/mol. The highest BCUT2D eigenvalue weighted by Gasteiger charge is 2.58. The minimum Gasteiger partial charge on any atom is -0.472 e. The number of morpholine rings is 1. The molecule has 3 fully saturated rings. The van der Waals surface area contributed by atoms with Crippen molar-refractivity contribution in [3.8, 4) is 17.0 Å². The zero-order valence-corrected chi connectivity index (χ0v) is 22.1. The van der Waals surface area contributed by atoms with Crippen LogP contribution in [0.3, 0.4) is 0 Å². The standard InChI is InChI=1S/C29H30F3N5O3/c1-18-3-4-21(35-27(38)23-15-20(5-8-33-23)29(30,31)32)16-22(18)19-13-25(37-9-11-39-12-10-37)36-26(14-19)40-24-17-28(24)6-2-7-34-28/h3-5,8,13-16,24,34H,2,6-7,9-12,17H2,1H3,(H,35,38)/t24-,28?/m1/s1. The van der Waals surface area contributed by atoms with E-state index in [1.54, 1.807) is 12.1 Å². The summed E-state index contributed by atoms with van der Waals surface area (Å²) in [5.41, 5.74) is 1.92. The minimum absolute atomic E-state index is 0.0500. The molecule has 0 bridgehead atoms. The number of alkyl halides is 3. The molecule has 1 amide bonds. The Morgan fingerprint density at radius 2 is 2.00 bits per heavy atom. The molecule has 2 aliphatic heterocycles. The molecule has 1 spiro atoms. The van der Waals surface area contributed by atoms with Gasteiger partial charge in [0.05, 0.1) is 24.3 Å². The van der Waals surface area contributed by atoms with Crippen molar-refractivity contribution < 1.29 is 27.4 Å². The van der Waals surface area contributed by atoms with Crippen LogP contribution in [0.2, 0.25) is 0 Å². The van der Waals surface area contributed by atoms with Crippen molar-refractivity contribution in [1.82, 2.24) is 15.3 Å². The first-order valence-electron chi connectivity index (χ1n) is 13.4. The van der Waals surface area contributed by atoms with Gasteiger partial charge in [0.25, 0.3) is 5.91 Å². The minimum atomic E-state index is -4.57. The summed E-state index contributed by atoms with van der Waals surface area (Å²) in [4.78, 5) is 23.6. The van der Waals surface area contributed by atoms with E-state index in [2.05, 4.69) is 20.5 Å². The number of carbonyl (C=O) groups is 1. The van der Waals surface area contributed by atoms with Crippen molar-refractivity contribution in [2.24, 2.45) is 0 Å². The number of halogens is 3. The fourth-order valence-corrected chi connectivity index (χ4v) is 5.45. The van der Waals surface area contributed by atoms with Crippen molar-refractivity contribution in [2.75, 3.05) is 43.1 Å². The summed E-state index contributed by atoms with van der Waals surface area (Å²) in [5, 5.41) is 6.27. The number of anilines is 2.